The number of carbonyl (C=O) groups is 1. The summed E-state index contributed by atoms with van der Waals surface area (Å²) in [6.07, 6.45) is 0.745. The molecule has 72 valence electrons. The molecule has 0 aromatic heterocycles. The quantitative estimate of drug-likeness (QED) is 0.558. The molecule has 1 rings (SSSR count). The lowest BCUT2D eigenvalue weighted by molar-refractivity contribution is 0.112. The fourth-order valence-corrected chi connectivity index (χ4v) is 0.618. The van der Waals surface area contributed by atoms with Crippen molar-refractivity contribution in [2.75, 3.05) is 19.5 Å². The highest BCUT2D eigenvalue weighted by atomic mass is 16.5. The molecule has 0 aliphatic heterocycles. The molecule has 0 heterocycles. The number of rotatable bonds is 2. The fraction of sp³-hybridized carbons (Fsp3) is 0.300. The van der Waals surface area contributed by atoms with Crippen LogP contribution < -0.4 is 5.73 Å². The van der Waals surface area contributed by atoms with Crippen LogP contribution in [0.3, 0.4) is 0 Å². The molecule has 1 aromatic carbocycles. The van der Waals surface area contributed by atoms with Gasteiger partial charge in [0.05, 0.1) is 0 Å². The van der Waals surface area contributed by atoms with Crippen LogP contribution in [0, 0.1) is 0 Å². The van der Waals surface area contributed by atoms with E-state index in [2.05, 4.69) is 4.74 Å². The zero-order valence-electron chi connectivity index (χ0n) is 7.99. The molecule has 0 bridgehead atoms. The number of hydrogen-bond acceptors (Lipinski definition) is 3. The molecule has 0 spiro atoms. The molecule has 0 aliphatic carbocycles. The molecular formula is C10H15NO2. The summed E-state index contributed by atoms with van der Waals surface area (Å²) in [5.41, 5.74) is 6.49. The van der Waals surface area contributed by atoms with Crippen LogP contribution in [0.5, 0.6) is 0 Å². The first kappa shape index (κ1) is 11.6. The van der Waals surface area contributed by atoms with Crippen molar-refractivity contribution in [1.29, 1.82) is 0 Å². The Kier molecular flexibility index (Phi) is 6.55. The maximum Gasteiger partial charge on any atom is 0.152 e. The monoisotopic (exact) mass is 181 g/mol. The van der Waals surface area contributed by atoms with Crippen molar-refractivity contribution in [1.82, 2.24) is 0 Å². The van der Waals surface area contributed by atoms with Crippen LogP contribution in [0.1, 0.15) is 17.3 Å². The van der Waals surface area contributed by atoms with Crippen molar-refractivity contribution in [2.24, 2.45) is 0 Å². The van der Waals surface area contributed by atoms with E-state index in [4.69, 9.17) is 5.73 Å². The summed E-state index contributed by atoms with van der Waals surface area (Å²) in [4.78, 5) is 10.1. The first-order valence-corrected chi connectivity index (χ1v) is 4.04. The number of methoxy groups -OCH3 is 1. The average Bonchev–Trinajstić information content (AvgIpc) is 2.19. The molecule has 0 radical (unpaired) electrons. The van der Waals surface area contributed by atoms with E-state index in [0.29, 0.717) is 11.3 Å². The summed E-state index contributed by atoms with van der Waals surface area (Å²) in [6.45, 7) is 2.78. The second kappa shape index (κ2) is 7.31. The number of nitrogens with two attached hydrogens (primary N) is 1. The number of ether oxygens (including phenoxy) is 1. The Labute approximate surface area is 78.5 Å². The standard InChI is InChI=1S/C7H7NO.C3H8O/c8-7-4-2-1-3-6(7)5-9;1-3-4-2/h1-5H,8H2;3H2,1-2H3. The fourth-order valence-electron chi connectivity index (χ4n) is 0.618. The van der Waals surface area contributed by atoms with Crippen LogP contribution in [0.2, 0.25) is 0 Å². The third kappa shape index (κ3) is 4.98. The molecule has 0 fully saturated rings. The van der Waals surface area contributed by atoms with E-state index in [-0.39, 0.29) is 0 Å². The van der Waals surface area contributed by atoms with Crippen molar-refractivity contribution >= 4 is 12.0 Å². The predicted octanol–water partition coefficient (Wildman–Crippen LogP) is 1.73. The van der Waals surface area contributed by atoms with E-state index >= 15 is 0 Å². The Bertz CT molecular complexity index is 246. The van der Waals surface area contributed by atoms with Crippen LogP contribution in [-0.4, -0.2) is 20.0 Å². The zero-order chi connectivity index (χ0) is 10.1. The summed E-state index contributed by atoms with van der Waals surface area (Å²) in [5, 5.41) is 0. The van der Waals surface area contributed by atoms with Gasteiger partial charge in [0.1, 0.15) is 0 Å². The van der Waals surface area contributed by atoms with Gasteiger partial charge in [-0.2, -0.15) is 0 Å². The maximum atomic E-state index is 10.1. The van der Waals surface area contributed by atoms with E-state index in [1.807, 2.05) is 6.92 Å². The van der Waals surface area contributed by atoms with Crippen molar-refractivity contribution in [2.45, 2.75) is 6.92 Å². The van der Waals surface area contributed by atoms with Crippen LogP contribution in [0.25, 0.3) is 0 Å². The van der Waals surface area contributed by atoms with Gasteiger partial charge in [0.2, 0.25) is 0 Å². The van der Waals surface area contributed by atoms with Gasteiger partial charge in [0, 0.05) is 25.0 Å². The van der Waals surface area contributed by atoms with E-state index in [0.717, 1.165) is 12.9 Å². The topological polar surface area (TPSA) is 52.3 Å². The number of nitrogen functional groups attached to an aromatic ring is 1. The van der Waals surface area contributed by atoms with Crippen molar-refractivity contribution in [3.05, 3.63) is 29.8 Å². The number of para-hydroxylation sites is 1. The molecule has 13 heavy (non-hydrogen) atoms. The number of hydrogen-bond donors (Lipinski definition) is 1. The smallest absolute Gasteiger partial charge is 0.152 e. The van der Waals surface area contributed by atoms with Crippen LogP contribution in [-0.2, 0) is 4.74 Å². The van der Waals surface area contributed by atoms with E-state index < -0.39 is 0 Å². The van der Waals surface area contributed by atoms with Gasteiger partial charge in [-0.15, -0.1) is 0 Å². The second-order valence-electron chi connectivity index (χ2n) is 2.32. The van der Waals surface area contributed by atoms with E-state index in [9.17, 15) is 4.79 Å². The molecule has 0 saturated carbocycles. The molecule has 0 saturated heterocycles. The summed E-state index contributed by atoms with van der Waals surface area (Å²) < 4.78 is 4.54. The highest BCUT2D eigenvalue weighted by Crippen LogP contribution is 2.05. The molecule has 2 N–H and O–H groups in total. The summed E-state index contributed by atoms with van der Waals surface area (Å²) in [6, 6.07) is 6.95. The number of aldehydes is 1. The van der Waals surface area contributed by atoms with Crippen LogP contribution >= 0.6 is 0 Å². The largest absolute Gasteiger partial charge is 0.398 e. The van der Waals surface area contributed by atoms with Crippen molar-refractivity contribution < 1.29 is 9.53 Å². The van der Waals surface area contributed by atoms with Gasteiger partial charge in [0.15, 0.2) is 6.29 Å². The molecule has 0 amide bonds. The maximum absolute atomic E-state index is 10.1. The Balaban J connectivity index is 0.000000310. The van der Waals surface area contributed by atoms with Gasteiger partial charge in [-0.05, 0) is 19.1 Å². The Hall–Kier alpha value is -1.35. The third-order valence-corrected chi connectivity index (χ3v) is 1.41. The molecule has 0 unspecified atom stereocenters. The minimum Gasteiger partial charge on any atom is -0.398 e. The lowest BCUT2D eigenvalue weighted by atomic mass is 10.2. The molecule has 1 aromatic rings. The molecular weight excluding hydrogens is 166 g/mol. The Morgan fingerprint density at radius 1 is 1.46 bits per heavy atom. The molecule has 3 heteroatoms. The van der Waals surface area contributed by atoms with Gasteiger partial charge in [-0.25, -0.2) is 0 Å². The lowest BCUT2D eigenvalue weighted by Gasteiger charge is -1.92. The van der Waals surface area contributed by atoms with Crippen molar-refractivity contribution in [3.63, 3.8) is 0 Å². The van der Waals surface area contributed by atoms with Gasteiger partial charge < -0.3 is 10.5 Å². The Morgan fingerprint density at radius 3 is 2.31 bits per heavy atom. The van der Waals surface area contributed by atoms with Crippen LogP contribution in [0.15, 0.2) is 24.3 Å². The Morgan fingerprint density at radius 2 is 2.00 bits per heavy atom. The second-order valence-corrected chi connectivity index (χ2v) is 2.32. The third-order valence-electron chi connectivity index (χ3n) is 1.41. The van der Waals surface area contributed by atoms with E-state index in [1.165, 1.54) is 0 Å². The van der Waals surface area contributed by atoms with Crippen LogP contribution in [0.4, 0.5) is 5.69 Å². The van der Waals surface area contributed by atoms with Gasteiger partial charge in [0.25, 0.3) is 0 Å². The summed E-state index contributed by atoms with van der Waals surface area (Å²) in [5.74, 6) is 0. The highest BCUT2D eigenvalue weighted by Gasteiger charge is 1.90. The SMILES string of the molecule is CCOC.Nc1ccccc1C=O. The lowest BCUT2D eigenvalue weighted by Crippen LogP contribution is -1.90. The minimum atomic E-state index is 0.535. The van der Waals surface area contributed by atoms with Crippen molar-refractivity contribution in [3.8, 4) is 0 Å². The normalized spacial score (nSPS) is 8.46. The summed E-state index contributed by atoms with van der Waals surface area (Å²) >= 11 is 0. The molecule has 0 aliphatic rings. The van der Waals surface area contributed by atoms with E-state index in [1.54, 1.807) is 31.4 Å². The average molecular weight is 181 g/mol. The van der Waals surface area contributed by atoms with Gasteiger partial charge in [-0.3, -0.25) is 4.79 Å². The number of benzene rings is 1. The first-order valence-electron chi connectivity index (χ1n) is 4.04. The number of carbonyl (C=O) groups excluding carboxylic acids is 1. The number of anilines is 1. The van der Waals surface area contributed by atoms with Gasteiger partial charge in [-0.1, -0.05) is 12.1 Å². The first-order chi connectivity index (χ1) is 6.26. The molecule has 0 atom stereocenters. The minimum absolute atomic E-state index is 0.535. The molecule has 3 nitrogen and oxygen atoms in total. The zero-order valence-corrected chi connectivity index (χ0v) is 7.99. The predicted molar refractivity (Wildman–Crippen MR) is 53.8 cm³/mol. The van der Waals surface area contributed by atoms with Gasteiger partial charge >= 0.3 is 0 Å². The highest BCUT2D eigenvalue weighted by molar-refractivity contribution is 5.82. The summed E-state index contributed by atoms with van der Waals surface area (Å²) in [7, 11) is 1.68.